The van der Waals surface area contributed by atoms with Gasteiger partial charge in [-0.3, -0.25) is 0 Å². The molecule has 1 unspecified atom stereocenters. The minimum absolute atomic E-state index is 0.425. The Bertz CT molecular complexity index is 84.4. The van der Waals surface area contributed by atoms with Gasteiger partial charge < -0.3 is 0 Å². The van der Waals surface area contributed by atoms with Crippen molar-refractivity contribution in [2.75, 3.05) is 0 Å². The fraction of sp³-hybridized carbons (Fsp3) is 0.714. The summed E-state index contributed by atoms with van der Waals surface area (Å²) in [6.07, 6.45) is 4.48. The van der Waals surface area contributed by atoms with Gasteiger partial charge >= 0.3 is 0 Å². The van der Waals surface area contributed by atoms with Crippen molar-refractivity contribution < 1.29 is 0 Å². The van der Waals surface area contributed by atoms with Crippen LogP contribution >= 0.6 is 0 Å². The lowest BCUT2D eigenvalue weighted by Crippen LogP contribution is -2.20. The maximum atomic E-state index is 3.83. The molecule has 0 aromatic carbocycles. The summed E-state index contributed by atoms with van der Waals surface area (Å²) >= 11 is 0. The smallest absolute Gasteiger partial charge is 0.0607 e. The summed E-state index contributed by atoms with van der Waals surface area (Å²) in [5, 5.41) is 0. The first-order valence-corrected chi connectivity index (χ1v) is 5.96. The monoisotopic (exact) mass is 126 g/mol. The van der Waals surface area contributed by atoms with E-state index in [1.807, 2.05) is 0 Å². The predicted molar refractivity (Wildman–Crippen MR) is 40.8 cm³/mol. The number of rotatable bonds is 2. The van der Waals surface area contributed by atoms with Crippen molar-refractivity contribution in [3.8, 4) is 0 Å². The van der Waals surface area contributed by atoms with Gasteiger partial charge in [0.15, 0.2) is 0 Å². The summed E-state index contributed by atoms with van der Waals surface area (Å²) in [5.41, 5.74) is 3.33. The van der Waals surface area contributed by atoms with Crippen molar-refractivity contribution in [3.05, 3.63) is 12.3 Å². The number of hydrogen-bond donors (Lipinski definition) is 0. The predicted octanol–water partition coefficient (Wildman–Crippen LogP) is 2.12. The zero-order valence-corrected chi connectivity index (χ0v) is 6.72. The van der Waals surface area contributed by atoms with Gasteiger partial charge in [-0.1, -0.05) is 25.8 Å². The van der Waals surface area contributed by atoms with Crippen LogP contribution in [0.15, 0.2) is 12.3 Å². The Labute approximate surface area is 53.2 Å². The molecule has 0 aromatic heterocycles. The second kappa shape index (κ2) is 2.49. The Morgan fingerprint density at radius 2 is 2.25 bits per heavy atom. The van der Waals surface area contributed by atoms with E-state index < -0.39 is 8.80 Å². The second-order valence-corrected chi connectivity index (χ2v) is 5.92. The van der Waals surface area contributed by atoms with Crippen LogP contribution < -0.4 is 0 Å². The van der Waals surface area contributed by atoms with Gasteiger partial charge in [0, 0.05) is 0 Å². The van der Waals surface area contributed by atoms with Crippen LogP contribution in [-0.2, 0) is 0 Å². The maximum absolute atomic E-state index is 3.83. The lowest BCUT2D eigenvalue weighted by Gasteiger charge is -2.28. The van der Waals surface area contributed by atoms with Gasteiger partial charge in [0.1, 0.15) is 0 Å². The minimum atomic E-state index is -0.425. The molecule has 0 aliphatic heterocycles. The Balaban J connectivity index is 2.22. The molecule has 1 aliphatic rings. The van der Waals surface area contributed by atoms with Crippen LogP contribution in [0.25, 0.3) is 0 Å². The van der Waals surface area contributed by atoms with Crippen LogP contribution in [0.1, 0.15) is 19.3 Å². The zero-order chi connectivity index (χ0) is 5.98. The topological polar surface area (TPSA) is 0 Å². The first kappa shape index (κ1) is 6.08. The fourth-order valence-electron chi connectivity index (χ4n) is 1.16. The van der Waals surface area contributed by atoms with E-state index in [9.17, 15) is 0 Å². The molecule has 0 aromatic rings. The highest BCUT2D eigenvalue weighted by atomic mass is 28.3. The molecule has 8 heavy (non-hydrogen) atoms. The van der Waals surface area contributed by atoms with E-state index in [0.717, 1.165) is 5.54 Å². The van der Waals surface area contributed by atoms with Crippen LogP contribution in [0, 0.1) is 0 Å². The van der Waals surface area contributed by atoms with E-state index in [0.29, 0.717) is 0 Å². The molecule has 0 bridgehead atoms. The van der Waals surface area contributed by atoms with E-state index in [2.05, 4.69) is 18.8 Å². The molecule has 1 fully saturated rings. The molecule has 1 rings (SSSR count). The highest BCUT2D eigenvalue weighted by Crippen LogP contribution is 2.34. The molecule has 0 nitrogen and oxygen atoms in total. The average molecular weight is 126 g/mol. The third kappa shape index (κ3) is 1.02. The van der Waals surface area contributed by atoms with Crippen molar-refractivity contribution >= 4 is 8.80 Å². The van der Waals surface area contributed by atoms with Crippen molar-refractivity contribution in [3.63, 3.8) is 0 Å². The van der Waals surface area contributed by atoms with Gasteiger partial charge in [0.2, 0.25) is 0 Å². The molecule has 0 heterocycles. The Hall–Kier alpha value is -0.0431. The van der Waals surface area contributed by atoms with Crippen LogP contribution in [0.2, 0.25) is 12.1 Å². The fourth-order valence-corrected chi connectivity index (χ4v) is 3.07. The largest absolute Gasteiger partial charge is 0.107 e. The summed E-state index contributed by atoms with van der Waals surface area (Å²) in [5.74, 6) is 0. The third-order valence-electron chi connectivity index (χ3n) is 2.27. The van der Waals surface area contributed by atoms with Crippen LogP contribution in [0.4, 0.5) is 0 Å². The molecule has 1 heteroatoms. The molecule has 0 amide bonds. The maximum Gasteiger partial charge on any atom is 0.0607 e. The first-order valence-electron chi connectivity index (χ1n) is 3.47. The van der Waals surface area contributed by atoms with Crippen LogP contribution in [-0.4, -0.2) is 8.80 Å². The molecular weight excluding hydrogens is 112 g/mol. The van der Waals surface area contributed by atoms with E-state index in [4.69, 9.17) is 0 Å². The second-order valence-electron chi connectivity index (χ2n) is 2.79. The SMILES string of the molecule is C=C[SiH](C)C1CCC1. The summed E-state index contributed by atoms with van der Waals surface area (Å²) in [6, 6.07) is 0. The van der Waals surface area contributed by atoms with E-state index in [1.165, 1.54) is 19.3 Å². The van der Waals surface area contributed by atoms with Crippen molar-refractivity contribution in [1.29, 1.82) is 0 Å². The molecular formula is C7H14Si. The molecule has 46 valence electrons. The summed E-state index contributed by atoms with van der Waals surface area (Å²) in [6.45, 7) is 6.22. The van der Waals surface area contributed by atoms with E-state index >= 15 is 0 Å². The van der Waals surface area contributed by atoms with Crippen molar-refractivity contribution in [1.82, 2.24) is 0 Å². The highest BCUT2D eigenvalue weighted by molar-refractivity contribution is 6.64. The zero-order valence-electron chi connectivity index (χ0n) is 5.56. The molecule has 0 spiro atoms. The Morgan fingerprint density at radius 1 is 1.62 bits per heavy atom. The molecule has 0 N–H and O–H groups in total. The summed E-state index contributed by atoms with van der Waals surface area (Å²) in [4.78, 5) is 0. The molecule has 0 radical (unpaired) electrons. The van der Waals surface area contributed by atoms with Crippen molar-refractivity contribution in [2.45, 2.75) is 31.4 Å². The van der Waals surface area contributed by atoms with Gasteiger partial charge in [-0.2, -0.15) is 0 Å². The Kier molecular flexibility index (Phi) is 1.89. The molecule has 1 aliphatic carbocycles. The summed E-state index contributed by atoms with van der Waals surface area (Å²) in [7, 11) is -0.425. The Morgan fingerprint density at radius 3 is 2.38 bits per heavy atom. The number of hydrogen-bond acceptors (Lipinski definition) is 0. The summed E-state index contributed by atoms with van der Waals surface area (Å²) < 4.78 is 0. The van der Waals surface area contributed by atoms with Crippen LogP contribution in [0.3, 0.4) is 0 Å². The van der Waals surface area contributed by atoms with E-state index in [1.54, 1.807) is 0 Å². The lowest BCUT2D eigenvalue weighted by atomic mass is 10.00. The molecule has 1 saturated carbocycles. The van der Waals surface area contributed by atoms with Crippen molar-refractivity contribution in [2.24, 2.45) is 0 Å². The van der Waals surface area contributed by atoms with Crippen LogP contribution in [0.5, 0.6) is 0 Å². The third-order valence-corrected chi connectivity index (χ3v) is 5.16. The van der Waals surface area contributed by atoms with Gasteiger partial charge in [0.25, 0.3) is 0 Å². The first-order chi connectivity index (χ1) is 3.84. The van der Waals surface area contributed by atoms with Gasteiger partial charge in [-0.25, -0.2) is 0 Å². The molecule has 0 saturated heterocycles. The quantitative estimate of drug-likeness (QED) is 0.497. The highest BCUT2D eigenvalue weighted by Gasteiger charge is 2.22. The molecule has 1 atom stereocenters. The van der Waals surface area contributed by atoms with E-state index in [-0.39, 0.29) is 0 Å². The standard InChI is InChI=1S/C7H14Si/c1-3-8(2)7-5-4-6-7/h3,7-8H,1,4-6H2,2H3. The van der Waals surface area contributed by atoms with Gasteiger partial charge in [-0.05, 0) is 5.54 Å². The lowest BCUT2D eigenvalue weighted by molar-refractivity contribution is 0.495. The van der Waals surface area contributed by atoms with Gasteiger partial charge in [0.05, 0.1) is 8.80 Å². The normalized spacial score (nSPS) is 24.1. The average Bonchev–Trinajstić information content (AvgIpc) is 1.62. The minimum Gasteiger partial charge on any atom is -0.107 e. The van der Waals surface area contributed by atoms with Gasteiger partial charge in [-0.15, -0.1) is 12.3 Å².